The van der Waals surface area contributed by atoms with Gasteiger partial charge >= 0.3 is 0 Å². The molecule has 106 valence electrons. The molecular formula is C14H20ClNO2S. The molecule has 3 nitrogen and oxygen atoms in total. The number of nitrogens with zero attached hydrogens (tertiary/aromatic N) is 1. The monoisotopic (exact) mass is 301 g/mol. The van der Waals surface area contributed by atoms with Gasteiger partial charge in [0, 0.05) is 19.0 Å². The minimum Gasteiger partial charge on any atom is -0.212 e. The summed E-state index contributed by atoms with van der Waals surface area (Å²) in [5, 5.41) is 0. The van der Waals surface area contributed by atoms with E-state index in [0.717, 1.165) is 12.8 Å². The molecule has 1 fully saturated rings. The van der Waals surface area contributed by atoms with Crippen LogP contribution in [0.1, 0.15) is 30.7 Å². The first-order valence-corrected chi connectivity index (χ1v) is 8.86. The summed E-state index contributed by atoms with van der Waals surface area (Å²) in [4.78, 5) is 0. The molecule has 1 aromatic carbocycles. The van der Waals surface area contributed by atoms with Gasteiger partial charge in [-0.25, -0.2) is 12.7 Å². The molecule has 5 heteroatoms. The summed E-state index contributed by atoms with van der Waals surface area (Å²) in [7, 11) is -3.10. The maximum Gasteiger partial charge on any atom is 0.214 e. The SMILES string of the molecule is O=S(=O)(CCCCCl)N1CCC(c2ccccc2)C1. The van der Waals surface area contributed by atoms with Gasteiger partial charge in [0.15, 0.2) is 0 Å². The molecule has 19 heavy (non-hydrogen) atoms. The Hall–Kier alpha value is -0.580. The van der Waals surface area contributed by atoms with Crippen LogP contribution in [-0.2, 0) is 10.0 Å². The first-order valence-electron chi connectivity index (χ1n) is 6.72. The van der Waals surface area contributed by atoms with Crippen LogP contribution in [0.3, 0.4) is 0 Å². The Balaban J connectivity index is 1.94. The maximum atomic E-state index is 12.2. The van der Waals surface area contributed by atoms with Gasteiger partial charge in [-0.2, -0.15) is 0 Å². The van der Waals surface area contributed by atoms with E-state index in [1.54, 1.807) is 4.31 Å². The van der Waals surface area contributed by atoms with Crippen LogP contribution in [0.25, 0.3) is 0 Å². The molecule has 0 saturated carbocycles. The van der Waals surface area contributed by atoms with E-state index >= 15 is 0 Å². The zero-order valence-electron chi connectivity index (χ0n) is 11.0. The maximum absolute atomic E-state index is 12.2. The number of hydrogen-bond donors (Lipinski definition) is 0. The molecule has 1 aromatic rings. The summed E-state index contributed by atoms with van der Waals surface area (Å²) in [6.45, 7) is 1.26. The van der Waals surface area contributed by atoms with E-state index in [-0.39, 0.29) is 5.75 Å². The molecule has 1 unspecified atom stereocenters. The van der Waals surface area contributed by atoms with Crippen LogP contribution >= 0.6 is 11.6 Å². The van der Waals surface area contributed by atoms with Crippen LogP contribution < -0.4 is 0 Å². The number of benzene rings is 1. The lowest BCUT2D eigenvalue weighted by Gasteiger charge is -2.16. The molecule has 0 radical (unpaired) electrons. The second-order valence-electron chi connectivity index (χ2n) is 4.97. The lowest BCUT2D eigenvalue weighted by atomic mass is 9.99. The Bertz CT molecular complexity index is 489. The van der Waals surface area contributed by atoms with Crippen LogP contribution in [0.15, 0.2) is 30.3 Å². The van der Waals surface area contributed by atoms with E-state index in [2.05, 4.69) is 12.1 Å². The van der Waals surface area contributed by atoms with Crippen molar-refractivity contribution in [3.05, 3.63) is 35.9 Å². The Morgan fingerprint density at radius 1 is 1.21 bits per heavy atom. The van der Waals surface area contributed by atoms with Crippen molar-refractivity contribution >= 4 is 21.6 Å². The molecule has 0 aromatic heterocycles. The van der Waals surface area contributed by atoms with E-state index in [1.807, 2.05) is 18.2 Å². The van der Waals surface area contributed by atoms with Gasteiger partial charge in [-0.1, -0.05) is 30.3 Å². The van der Waals surface area contributed by atoms with Crippen LogP contribution in [0.5, 0.6) is 0 Å². The fourth-order valence-electron chi connectivity index (χ4n) is 2.49. The fourth-order valence-corrected chi connectivity index (χ4v) is 4.29. The zero-order valence-corrected chi connectivity index (χ0v) is 12.5. The minimum absolute atomic E-state index is 0.223. The fraction of sp³-hybridized carbons (Fsp3) is 0.571. The molecule has 1 atom stereocenters. The first-order chi connectivity index (χ1) is 9.13. The summed E-state index contributed by atoms with van der Waals surface area (Å²) < 4.78 is 26.0. The summed E-state index contributed by atoms with van der Waals surface area (Å²) in [6.07, 6.45) is 2.33. The number of hydrogen-bond acceptors (Lipinski definition) is 2. The van der Waals surface area contributed by atoms with Crippen LogP contribution in [0.4, 0.5) is 0 Å². The minimum atomic E-state index is -3.10. The van der Waals surface area contributed by atoms with Gasteiger partial charge in [0.2, 0.25) is 10.0 Å². The molecule has 0 spiro atoms. The summed E-state index contributed by atoms with van der Waals surface area (Å²) in [5.74, 6) is 1.09. The summed E-state index contributed by atoms with van der Waals surface area (Å²) in [6, 6.07) is 10.2. The summed E-state index contributed by atoms with van der Waals surface area (Å²) >= 11 is 5.58. The number of rotatable bonds is 6. The Labute approximate surface area is 120 Å². The van der Waals surface area contributed by atoms with Crippen molar-refractivity contribution in [1.82, 2.24) is 4.31 Å². The third-order valence-corrected chi connectivity index (χ3v) is 5.79. The van der Waals surface area contributed by atoms with Crippen LogP contribution in [0, 0.1) is 0 Å². The molecule has 2 rings (SSSR count). The highest BCUT2D eigenvalue weighted by Gasteiger charge is 2.31. The molecule has 0 amide bonds. The molecule has 1 aliphatic rings. The Morgan fingerprint density at radius 2 is 1.95 bits per heavy atom. The molecule has 1 saturated heterocycles. The van der Waals surface area contributed by atoms with Crippen molar-refractivity contribution in [2.24, 2.45) is 0 Å². The molecule has 1 heterocycles. The third kappa shape index (κ3) is 3.94. The van der Waals surface area contributed by atoms with E-state index in [1.165, 1.54) is 5.56 Å². The van der Waals surface area contributed by atoms with Gasteiger partial charge in [0.25, 0.3) is 0 Å². The molecular weight excluding hydrogens is 282 g/mol. The lowest BCUT2D eigenvalue weighted by Crippen LogP contribution is -2.30. The van der Waals surface area contributed by atoms with Gasteiger partial charge in [0.1, 0.15) is 0 Å². The van der Waals surface area contributed by atoms with E-state index in [4.69, 9.17) is 11.6 Å². The number of alkyl halides is 1. The molecule has 0 aliphatic carbocycles. The highest BCUT2D eigenvalue weighted by atomic mass is 35.5. The van der Waals surface area contributed by atoms with E-state index < -0.39 is 10.0 Å². The molecule has 0 bridgehead atoms. The second kappa shape index (κ2) is 6.73. The van der Waals surface area contributed by atoms with Gasteiger partial charge in [-0.15, -0.1) is 11.6 Å². The zero-order chi connectivity index (χ0) is 13.7. The molecule has 1 aliphatic heterocycles. The predicted molar refractivity (Wildman–Crippen MR) is 79.1 cm³/mol. The quantitative estimate of drug-likeness (QED) is 0.598. The largest absolute Gasteiger partial charge is 0.214 e. The van der Waals surface area contributed by atoms with Gasteiger partial charge in [-0.3, -0.25) is 0 Å². The third-order valence-electron chi connectivity index (χ3n) is 3.60. The summed E-state index contributed by atoms with van der Waals surface area (Å²) in [5.41, 5.74) is 1.24. The van der Waals surface area contributed by atoms with Gasteiger partial charge in [0.05, 0.1) is 5.75 Å². The van der Waals surface area contributed by atoms with Crippen molar-refractivity contribution in [2.75, 3.05) is 24.7 Å². The smallest absolute Gasteiger partial charge is 0.212 e. The van der Waals surface area contributed by atoms with Crippen LogP contribution in [-0.4, -0.2) is 37.4 Å². The van der Waals surface area contributed by atoms with Crippen molar-refractivity contribution in [3.8, 4) is 0 Å². The van der Waals surface area contributed by atoms with Crippen molar-refractivity contribution < 1.29 is 8.42 Å². The standard InChI is InChI=1S/C14H20ClNO2S/c15-9-4-5-11-19(17,18)16-10-8-14(12-16)13-6-2-1-3-7-13/h1-3,6-7,14H,4-5,8-12H2. The lowest BCUT2D eigenvalue weighted by molar-refractivity contribution is 0.471. The van der Waals surface area contributed by atoms with Gasteiger partial charge < -0.3 is 0 Å². The van der Waals surface area contributed by atoms with Crippen molar-refractivity contribution in [1.29, 1.82) is 0 Å². The van der Waals surface area contributed by atoms with E-state index in [0.29, 0.717) is 31.3 Å². The number of sulfonamides is 1. The second-order valence-corrected chi connectivity index (χ2v) is 7.43. The molecule has 0 N–H and O–H groups in total. The predicted octanol–water partition coefficient (Wildman–Crippen LogP) is 2.82. The number of halogens is 1. The first kappa shape index (κ1) is 14.8. The van der Waals surface area contributed by atoms with Crippen molar-refractivity contribution in [3.63, 3.8) is 0 Å². The average molecular weight is 302 g/mol. The normalized spacial score (nSPS) is 20.8. The Kier molecular flexibility index (Phi) is 5.25. The highest BCUT2D eigenvalue weighted by Crippen LogP contribution is 2.28. The van der Waals surface area contributed by atoms with E-state index in [9.17, 15) is 8.42 Å². The highest BCUT2D eigenvalue weighted by molar-refractivity contribution is 7.89. The van der Waals surface area contributed by atoms with Gasteiger partial charge in [-0.05, 0) is 30.7 Å². The Morgan fingerprint density at radius 3 is 2.63 bits per heavy atom. The average Bonchev–Trinajstić information content (AvgIpc) is 2.90. The van der Waals surface area contributed by atoms with Crippen LogP contribution in [0.2, 0.25) is 0 Å². The van der Waals surface area contributed by atoms with Crippen molar-refractivity contribution in [2.45, 2.75) is 25.2 Å². The topological polar surface area (TPSA) is 37.4 Å². The number of unbranched alkanes of at least 4 members (excludes halogenated alkanes) is 1.